The fourth-order valence-corrected chi connectivity index (χ4v) is 1.54. The van der Waals surface area contributed by atoms with Gasteiger partial charge in [0.05, 0.1) is 6.04 Å². The zero-order valence-corrected chi connectivity index (χ0v) is 10.3. The fraction of sp³-hybridized carbons (Fsp3) is 0.800. The van der Waals surface area contributed by atoms with Gasteiger partial charge >= 0.3 is 6.09 Å². The lowest BCUT2D eigenvalue weighted by Gasteiger charge is -2.23. The molecule has 1 fully saturated rings. The van der Waals surface area contributed by atoms with Crippen LogP contribution >= 0.6 is 0 Å². The Morgan fingerprint density at radius 2 is 2.06 bits per heavy atom. The molecule has 0 spiro atoms. The smallest absolute Gasteiger partial charge is 0.407 e. The summed E-state index contributed by atoms with van der Waals surface area (Å²) in [6, 6.07) is -0.409. The van der Waals surface area contributed by atoms with Gasteiger partial charge in [-0.25, -0.2) is 10.6 Å². The number of ether oxygens (including phenoxy) is 2. The van der Waals surface area contributed by atoms with Crippen LogP contribution in [0.5, 0.6) is 0 Å². The topological polar surface area (TPSA) is 103 Å². The summed E-state index contributed by atoms with van der Waals surface area (Å²) < 4.78 is 10.3. The normalized spacial score (nSPS) is 24.2. The number of nitrogens with two attached hydrogens (primary N) is 1. The monoisotopic (exact) mass is 245 g/mol. The molecule has 0 radical (unpaired) electrons. The van der Waals surface area contributed by atoms with Crippen molar-refractivity contribution in [2.24, 2.45) is 5.84 Å². The third-order valence-corrected chi connectivity index (χ3v) is 2.19. The van der Waals surface area contributed by atoms with E-state index in [1.54, 1.807) is 20.8 Å². The van der Waals surface area contributed by atoms with E-state index in [2.05, 4.69) is 5.32 Å². The first-order chi connectivity index (χ1) is 7.83. The van der Waals surface area contributed by atoms with Crippen molar-refractivity contribution in [3.8, 4) is 0 Å². The number of alkyl carbamates (subject to hydrolysis) is 1. The SMILES string of the molecule is CC(C)(C)OC(=O)N[C@H]1CCO[C@@H]1C(=O)NN. The van der Waals surface area contributed by atoms with Crippen molar-refractivity contribution in [1.82, 2.24) is 10.7 Å². The van der Waals surface area contributed by atoms with Gasteiger partial charge < -0.3 is 14.8 Å². The summed E-state index contributed by atoms with van der Waals surface area (Å²) >= 11 is 0. The Hall–Kier alpha value is -1.34. The zero-order chi connectivity index (χ0) is 13.1. The number of amides is 2. The van der Waals surface area contributed by atoms with Gasteiger partial charge in [0.25, 0.3) is 5.91 Å². The predicted molar refractivity (Wildman–Crippen MR) is 59.8 cm³/mol. The van der Waals surface area contributed by atoms with Crippen molar-refractivity contribution >= 4 is 12.0 Å². The number of hydrogen-bond acceptors (Lipinski definition) is 5. The second-order valence-corrected chi connectivity index (χ2v) is 4.84. The van der Waals surface area contributed by atoms with Gasteiger partial charge in [0.2, 0.25) is 0 Å². The van der Waals surface area contributed by atoms with Crippen LogP contribution in [0.3, 0.4) is 0 Å². The Kier molecular flexibility index (Phi) is 4.30. The fourth-order valence-electron chi connectivity index (χ4n) is 1.54. The zero-order valence-electron chi connectivity index (χ0n) is 10.3. The van der Waals surface area contributed by atoms with E-state index in [0.717, 1.165) is 0 Å². The van der Waals surface area contributed by atoms with Crippen LogP contribution in [0, 0.1) is 0 Å². The first kappa shape index (κ1) is 13.7. The first-order valence-electron chi connectivity index (χ1n) is 5.45. The second kappa shape index (κ2) is 5.33. The van der Waals surface area contributed by atoms with Gasteiger partial charge in [-0.05, 0) is 27.2 Å². The van der Waals surface area contributed by atoms with Crippen molar-refractivity contribution in [2.75, 3.05) is 6.61 Å². The third-order valence-electron chi connectivity index (χ3n) is 2.19. The number of nitrogens with one attached hydrogen (secondary N) is 2. The van der Waals surface area contributed by atoms with E-state index in [0.29, 0.717) is 13.0 Å². The third kappa shape index (κ3) is 4.20. The summed E-state index contributed by atoms with van der Waals surface area (Å²) in [5.74, 6) is 4.57. The highest BCUT2D eigenvalue weighted by Gasteiger charge is 2.35. The highest BCUT2D eigenvalue weighted by molar-refractivity contribution is 5.82. The Balaban J connectivity index is 2.50. The molecule has 1 aliphatic rings. The predicted octanol–water partition coefficient (Wildman–Crippen LogP) is -0.341. The molecule has 1 rings (SSSR count). The van der Waals surface area contributed by atoms with Crippen LogP contribution in [0.1, 0.15) is 27.2 Å². The maximum absolute atomic E-state index is 11.5. The van der Waals surface area contributed by atoms with Gasteiger partial charge in [-0.1, -0.05) is 0 Å². The molecule has 7 nitrogen and oxygen atoms in total. The van der Waals surface area contributed by atoms with Crippen LogP contribution in [0.25, 0.3) is 0 Å². The lowest BCUT2D eigenvalue weighted by atomic mass is 10.1. The highest BCUT2D eigenvalue weighted by Crippen LogP contribution is 2.15. The highest BCUT2D eigenvalue weighted by atomic mass is 16.6. The molecule has 98 valence electrons. The van der Waals surface area contributed by atoms with Crippen molar-refractivity contribution in [3.63, 3.8) is 0 Å². The molecule has 2 atom stereocenters. The first-order valence-corrected chi connectivity index (χ1v) is 5.45. The van der Waals surface area contributed by atoms with Crippen molar-refractivity contribution < 1.29 is 19.1 Å². The molecular formula is C10H19N3O4. The molecule has 0 aromatic heterocycles. The van der Waals surface area contributed by atoms with E-state index < -0.39 is 29.7 Å². The van der Waals surface area contributed by atoms with Crippen LogP contribution in [-0.2, 0) is 14.3 Å². The number of hydrazine groups is 1. The molecule has 0 aromatic carbocycles. The molecule has 17 heavy (non-hydrogen) atoms. The van der Waals surface area contributed by atoms with E-state index in [1.807, 2.05) is 5.43 Å². The molecule has 0 unspecified atom stereocenters. The Bertz CT molecular complexity index is 300. The molecule has 2 amide bonds. The number of rotatable bonds is 2. The summed E-state index contributed by atoms with van der Waals surface area (Å²) in [5.41, 5.74) is 1.43. The van der Waals surface area contributed by atoms with Gasteiger partial charge in [0.15, 0.2) is 6.10 Å². The lowest BCUT2D eigenvalue weighted by Crippen LogP contribution is -2.50. The standard InChI is InChI=1S/C10H19N3O4/c1-10(2,3)17-9(15)12-6-4-5-16-7(6)8(14)13-11/h6-7H,4-5,11H2,1-3H3,(H,12,15)(H,13,14)/t6-,7-/m0/s1. The molecule has 0 saturated carbocycles. The molecule has 0 aromatic rings. The minimum absolute atomic E-state index is 0.401. The van der Waals surface area contributed by atoms with Gasteiger partial charge in [-0.3, -0.25) is 10.2 Å². The number of hydrogen-bond donors (Lipinski definition) is 3. The molecule has 7 heteroatoms. The lowest BCUT2D eigenvalue weighted by molar-refractivity contribution is -0.130. The summed E-state index contributed by atoms with van der Waals surface area (Å²) in [5, 5.41) is 2.60. The summed E-state index contributed by atoms with van der Waals surface area (Å²) in [7, 11) is 0. The summed E-state index contributed by atoms with van der Waals surface area (Å²) in [6.07, 6.45) is -0.771. The van der Waals surface area contributed by atoms with E-state index in [-0.39, 0.29) is 0 Å². The molecular weight excluding hydrogens is 226 g/mol. The van der Waals surface area contributed by atoms with Gasteiger partial charge in [0, 0.05) is 6.61 Å². The minimum atomic E-state index is -0.757. The van der Waals surface area contributed by atoms with Gasteiger partial charge in [-0.2, -0.15) is 0 Å². The van der Waals surface area contributed by atoms with Gasteiger partial charge in [-0.15, -0.1) is 0 Å². The average molecular weight is 245 g/mol. The van der Waals surface area contributed by atoms with Crippen molar-refractivity contribution in [3.05, 3.63) is 0 Å². The van der Waals surface area contributed by atoms with Gasteiger partial charge in [0.1, 0.15) is 5.60 Å². The van der Waals surface area contributed by atoms with Crippen LogP contribution in [-0.4, -0.2) is 36.4 Å². The average Bonchev–Trinajstić information content (AvgIpc) is 2.61. The number of carbonyl (C=O) groups excluding carboxylic acids is 2. The molecule has 1 aliphatic heterocycles. The molecule has 1 heterocycles. The quantitative estimate of drug-likeness (QED) is 0.351. The van der Waals surface area contributed by atoms with E-state index in [9.17, 15) is 9.59 Å². The molecule has 4 N–H and O–H groups in total. The summed E-state index contributed by atoms with van der Waals surface area (Å²) in [4.78, 5) is 22.9. The maximum atomic E-state index is 11.5. The Labute approximate surface area is 100.0 Å². The molecule has 1 saturated heterocycles. The van der Waals surface area contributed by atoms with Crippen LogP contribution in [0.2, 0.25) is 0 Å². The summed E-state index contributed by atoms with van der Waals surface area (Å²) in [6.45, 7) is 5.70. The van der Waals surface area contributed by atoms with E-state index in [4.69, 9.17) is 15.3 Å². The van der Waals surface area contributed by atoms with Crippen LogP contribution in [0.4, 0.5) is 4.79 Å². The van der Waals surface area contributed by atoms with Crippen LogP contribution in [0.15, 0.2) is 0 Å². The number of carbonyl (C=O) groups is 2. The second-order valence-electron chi connectivity index (χ2n) is 4.84. The largest absolute Gasteiger partial charge is 0.444 e. The van der Waals surface area contributed by atoms with Crippen molar-refractivity contribution in [1.29, 1.82) is 0 Å². The Morgan fingerprint density at radius 3 is 2.59 bits per heavy atom. The van der Waals surface area contributed by atoms with Crippen molar-refractivity contribution in [2.45, 2.75) is 44.9 Å². The Morgan fingerprint density at radius 1 is 1.41 bits per heavy atom. The minimum Gasteiger partial charge on any atom is -0.444 e. The van der Waals surface area contributed by atoms with Crippen LogP contribution < -0.4 is 16.6 Å². The molecule has 0 aliphatic carbocycles. The van der Waals surface area contributed by atoms with E-state index in [1.165, 1.54) is 0 Å². The van der Waals surface area contributed by atoms with E-state index >= 15 is 0 Å². The maximum Gasteiger partial charge on any atom is 0.407 e. The molecule has 0 bridgehead atoms.